The van der Waals surface area contributed by atoms with Gasteiger partial charge >= 0.3 is 0 Å². The number of carbonyl (C=O) groups excluding carboxylic acids is 2. The smallest absolute Gasteiger partial charge is 0.261 e. The third kappa shape index (κ3) is 6.64. The minimum atomic E-state index is -0.632. The quantitative estimate of drug-likeness (QED) is 0.588. The van der Waals surface area contributed by atoms with Gasteiger partial charge in [0, 0.05) is 23.1 Å². The summed E-state index contributed by atoms with van der Waals surface area (Å²) in [6.07, 6.45) is 0.465. The van der Waals surface area contributed by atoms with E-state index in [2.05, 4.69) is 5.32 Å². The fourth-order valence-corrected chi connectivity index (χ4v) is 3.76. The van der Waals surface area contributed by atoms with Crippen LogP contribution in [0.25, 0.3) is 0 Å². The molecular weight excluding hydrogens is 423 g/mol. The Labute approximate surface area is 188 Å². The van der Waals surface area contributed by atoms with Crippen molar-refractivity contribution in [1.29, 1.82) is 0 Å². The molecule has 0 aliphatic carbocycles. The average Bonchev–Trinajstić information content (AvgIpc) is 2.67. The molecule has 0 bridgehead atoms. The maximum atomic E-state index is 13.1. The van der Waals surface area contributed by atoms with Crippen LogP contribution in [0, 0.1) is 13.8 Å². The Balaban J connectivity index is 2.26. The molecule has 30 heavy (non-hydrogen) atoms. The van der Waals surface area contributed by atoms with Crippen molar-refractivity contribution in [1.82, 2.24) is 10.2 Å². The summed E-state index contributed by atoms with van der Waals surface area (Å²) < 4.78 is 5.75. The molecular formula is C23H28Cl2N2O3. The maximum absolute atomic E-state index is 13.1. The van der Waals surface area contributed by atoms with Gasteiger partial charge in [-0.05, 0) is 68.1 Å². The van der Waals surface area contributed by atoms with Crippen molar-refractivity contribution in [3.63, 3.8) is 0 Å². The van der Waals surface area contributed by atoms with Gasteiger partial charge in [0.05, 0.1) is 0 Å². The highest BCUT2D eigenvalue weighted by molar-refractivity contribution is 6.35. The zero-order chi connectivity index (χ0) is 22.3. The molecule has 7 heteroatoms. The maximum Gasteiger partial charge on any atom is 0.261 e. The number of halogens is 2. The Morgan fingerprint density at radius 2 is 1.73 bits per heavy atom. The molecule has 0 saturated heterocycles. The van der Waals surface area contributed by atoms with E-state index in [9.17, 15) is 9.59 Å². The molecule has 0 radical (unpaired) electrons. The van der Waals surface area contributed by atoms with Gasteiger partial charge in [0.2, 0.25) is 5.91 Å². The second-order valence-electron chi connectivity index (χ2n) is 7.19. The average molecular weight is 451 g/mol. The number of nitrogens with one attached hydrogen (secondary N) is 1. The summed E-state index contributed by atoms with van der Waals surface area (Å²) in [6.45, 7) is 8.14. The molecule has 0 aromatic heterocycles. The van der Waals surface area contributed by atoms with E-state index in [0.29, 0.717) is 34.3 Å². The summed E-state index contributed by atoms with van der Waals surface area (Å²) in [7, 11) is 0. The van der Waals surface area contributed by atoms with E-state index in [1.165, 1.54) is 4.90 Å². The van der Waals surface area contributed by atoms with Gasteiger partial charge in [0.1, 0.15) is 11.8 Å². The van der Waals surface area contributed by atoms with Crippen LogP contribution in [-0.2, 0) is 16.1 Å². The predicted octanol–water partition coefficient (Wildman–Crippen LogP) is 4.93. The Hall–Kier alpha value is -2.24. The number of nitrogens with zero attached hydrogens (tertiary/aromatic N) is 1. The van der Waals surface area contributed by atoms with Crippen molar-refractivity contribution < 1.29 is 14.3 Å². The number of ether oxygens (including phenoxy) is 1. The Morgan fingerprint density at radius 3 is 2.30 bits per heavy atom. The Bertz CT molecular complexity index is 882. The number of aryl methyl sites for hydroxylation is 2. The van der Waals surface area contributed by atoms with Gasteiger partial charge in [0.15, 0.2) is 6.61 Å². The van der Waals surface area contributed by atoms with Crippen LogP contribution in [0.2, 0.25) is 10.0 Å². The monoisotopic (exact) mass is 450 g/mol. The fourth-order valence-electron chi connectivity index (χ4n) is 3.29. The molecule has 0 heterocycles. The molecule has 1 N–H and O–H groups in total. The van der Waals surface area contributed by atoms with Crippen molar-refractivity contribution >= 4 is 35.0 Å². The minimum Gasteiger partial charge on any atom is -0.484 e. The van der Waals surface area contributed by atoms with E-state index < -0.39 is 6.04 Å². The van der Waals surface area contributed by atoms with E-state index in [0.717, 1.165) is 11.1 Å². The molecule has 2 aromatic rings. The van der Waals surface area contributed by atoms with Crippen molar-refractivity contribution in [2.24, 2.45) is 0 Å². The van der Waals surface area contributed by atoms with E-state index in [1.54, 1.807) is 18.2 Å². The number of likely N-dealkylation sites (N-methyl/N-ethyl adjacent to an activating group) is 1. The second kappa shape index (κ2) is 11.2. The molecule has 2 aromatic carbocycles. The van der Waals surface area contributed by atoms with Crippen LogP contribution in [0.5, 0.6) is 5.75 Å². The summed E-state index contributed by atoms with van der Waals surface area (Å²) in [6, 6.07) is 10.3. The first-order chi connectivity index (χ1) is 14.2. The number of carbonyl (C=O) groups is 2. The van der Waals surface area contributed by atoms with E-state index in [-0.39, 0.29) is 25.0 Å². The first-order valence-corrected chi connectivity index (χ1v) is 10.7. The van der Waals surface area contributed by atoms with E-state index >= 15 is 0 Å². The number of hydrogen-bond donors (Lipinski definition) is 1. The third-order valence-corrected chi connectivity index (χ3v) is 5.24. The molecule has 2 amide bonds. The lowest BCUT2D eigenvalue weighted by atomic mass is 10.1. The highest BCUT2D eigenvalue weighted by atomic mass is 35.5. The fraction of sp³-hybridized carbons (Fsp3) is 0.391. The highest BCUT2D eigenvalue weighted by Gasteiger charge is 2.29. The zero-order valence-corrected chi connectivity index (χ0v) is 19.3. The van der Waals surface area contributed by atoms with Crippen molar-refractivity contribution in [3.8, 4) is 5.75 Å². The summed E-state index contributed by atoms with van der Waals surface area (Å²) >= 11 is 12.3. The van der Waals surface area contributed by atoms with Crippen LogP contribution in [0.15, 0.2) is 36.4 Å². The Kier molecular flexibility index (Phi) is 9.00. The number of hydrogen-bond acceptors (Lipinski definition) is 3. The van der Waals surface area contributed by atoms with Gasteiger partial charge in [-0.1, -0.05) is 42.3 Å². The molecule has 0 spiro atoms. The van der Waals surface area contributed by atoms with Crippen LogP contribution >= 0.6 is 23.2 Å². The summed E-state index contributed by atoms with van der Waals surface area (Å²) in [5, 5.41) is 3.76. The predicted molar refractivity (Wildman–Crippen MR) is 121 cm³/mol. The van der Waals surface area contributed by atoms with E-state index in [4.69, 9.17) is 27.9 Å². The van der Waals surface area contributed by atoms with Gasteiger partial charge < -0.3 is 15.0 Å². The number of rotatable bonds is 9. The molecule has 0 saturated carbocycles. The normalized spacial score (nSPS) is 11.7. The van der Waals surface area contributed by atoms with Crippen LogP contribution in [0.3, 0.4) is 0 Å². The summed E-state index contributed by atoms with van der Waals surface area (Å²) in [5.41, 5.74) is 2.82. The Morgan fingerprint density at radius 1 is 1.07 bits per heavy atom. The third-order valence-electron chi connectivity index (χ3n) is 4.65. The molecule has 0 aliphatic rings. The van der Waals surface area contributed by atoms with Crippen LogP contribution < -0.4 is 10.1 Å². The van der Waals surface area contributed by atoms with Gasteiger partial charge in [-0.2, -0.15) is 0 Å². The second-order valence-corrected chi connectivity index (χ2v) is 8.03. The lowest BCUT2D eigenvalue weighted by molar-refractivity contribution is -0.142. The van der Waals surface area contributed by atoms with Gasteiger partial charge in [-0.3, -0.25) is 9.59 Å². The van der Waals surface area contributed by atoms with Gasteiger partial charge in [-0.25, -0.2) is 0 Å². The zero-order valence-electron chi connectivity index (χ0n) is 17.8. The number of benzene rings is 2. The first kappa shape index (κ1) is 24.0. The highest BCUT2D eigenvalue weighted by Crippen LogP contribution is 2.24. The van der Waals surface area contributed by atoms with Crippen LogP contribution in [-0.4, -0.2) is 35.9 Å². The largest absolute Gasteiger partial charge is 0.484 e. The topological polar surface area (TPSA) is 58.6 Å². The molecule has 2 rings (SSSR count). The summed E-state index contributed by atoms with van der Waals surface area (Å²) in [5.74, 6) is 0.125. The molecule has 0 fully saturated rings. The standard InChI is InChI=1S/C23H28Cl2N2O3/c1-5-21(23(29)26-6-2)27(13-17-7-8-18(24)12-20(17)25)22(28)14-30-19-10-15(3)9-16(4)11-19/h7-12,21H,5-6,13-14H2,1-4H3,(H,26,29)/t21-/m1/s1. The van der Waals surface area contributed by atoms with Crippen LogP contribution in [0.4, 0.5) is 0 Å². The van der Waals surface area contributed by atoms with Crippen molar-refractivity contribution in [2.45, 2.75) is 46.7 Å². The number of amides is 2. The molecule has 1 atom stereocenters. The van der Waals surface area contributed by atoms with Crippen molar-refractivity contribution in [3.05, 3.63) is 63.1 Å². The molecule has 5 nitrogen and oxygen atoms in total. The molecule has 162 valence electrons. The summed E-state index contributed by atoms with van der Waals surface area (Å²) in [4.78, 5) is 27.3. The van der Waals surface area contributed by atoms with Gasteiger partial charge in [0.25, 0.3) is 5.91 Å². The molecule has 0 aliphatic heterocycles. The molecule has 0 unspecified atom stereocenters. The lowest BCUT2D eigenvalue weighted by Crippen LogP contribution is -2.50. The van der Waals surface area contributed by atoms with E-state index in [1.807, 2.05) is 45.9 Å². The van der Waals surface area contributed by atoms with Crippen LogP contribution in [0.1, 0.15) is 37.0 Å². The SMILES string of the molecule is CCNC(=O)[C@@H](CC)N(Cc1ccc(Cl)cc1Cl)C(=O)COc1cc(C)cc(C)c1. The minimum absolute atomic E-state index is 0.177. The van der Waals surface area contributed by atoms with Crippen molar-refractivity contribution in [2.75, 3.05) is 13.2 Å². The first-order valence-electron chi connectivity index (χ1n) is 9.97. The van der Waals surface area contributed by atoms with Gasteiger partial charge in [-0.15, -0.1) is 0 Å². The lowest BCUT2D eigenvalue weighted by Gasteiger charge is -2.30.